The van der Waals surface area contributed by atoms with Crippen molar-refractivity contribution in [3.63, 3.8) is 0 Å². The van der Waals surface area contributed by atoms with Gasteiger partial charge >= 0.3 is 6.18 Å². The molecule has 0 bridgehead atoms. The molecule has 2 N–H and O–H groups in total. The number of nitrogens with zero attached hydrogens (tertiary/aromatic N) is 3. The van der Waals surface area contributed by atoms with Crippen molar-refractivity contribution >= 4 is 38.9 Å². The van der Waals surface area contributed by atoms with Gasteiger partial charge < -0.3 is 10.6 Å². The van der Waals surface area contributed by atoms with E-state index in [2.05, 4.69) is 60.2 Å². The molecule has 1 aliphatic rings. The number of rotatable bonds is 5. The average Bonchev–Trinajstić information content (AvgIpc) is 3.28. The predicted molar refractivity (Wildman–Crippen MR) is 150 cm³/mol. The first kappa shape index (κ1) is 27.3. The molecule has 1 aliphatic heterocycles. The zero-order valence-corrected chi connectivity index (χ0v) is 23.3. The van der Waals surface area contributed by atoms with Gasteiger partial charge in [0.2, 0.25) is 5.95 Å². The lowest BCUT2D eigenvalue weighted by Gasteiger charge is -2.53. The Morgan fingerprint density at radius 1 is 1.00 bits per heavy atom. The van der Waals surface area contributed by atoms with Crippen molar-refractivity contribution < 1.29 is 17.6 Å². The van der Waals surface area contributed by atoms with Gasteiger partial charge in [0.15, 0.2) is 11.6 Å². The van der Waals surface area contributed by atoms with Crippen LogP contribution in [0.4, 0.5) is 35.0 Å². The molecule has 0 saturated carbocycles. The van der Waals surface area contributed by atoms with Gasteiger partial charge in [-0.05, 0) is 88.9 Å². The van der Waals surface area contributed by atoms with Gasteiger partial charge in [0, 0.05) is 32.4 Å². The smallest absolute Gasteiger partial charge is 0.365 e. The van der Waals surface area contributed by atoms with Crippen LogP contribution in [-0.2, 0) is 6.18 Å². The highest BCUT2D eigenvalue weighted by molar-refractivity contribution is 7.22. The number of piperidine rings is 1. The summed E-state index contributed by atoms with van der Waals surface area (Å²) in [5.41, 5.74) is -0.451. The number of alkyl halides is 3. The second-order valence-electron chi connectivity index (χ2n) is 11.4. The highest BCUT2D eigenvalue weighted by Crippen LogP contribution is 2.40. The fourth-order valence-electron chi connectivity index (χ4n) is 5.45. The number of benzene rings is 2. The molecule has 0 unspecified atom stereocenters. The summed E-state index contributed by atoms with van der Waals surface area (Å²) < 4.78 is 57.2. The third-order valence-electron chi connectivity index (χ3n) is 7.62. The Balaban J connectivity index is 1.45. The number of halogens is 4. The van der Waals surface area contributed by atoms with Crippen LogP contribution in [0.1, 0.15) is 46.1 Å². The van der Waals surface area contributed by atoms with E-state index in [1.165, 1.54) is 11.3 Å². The van der Waals surface area contributed by atoms with Crippen molar-refractivity contribution in [2.45, 2.75) is 63.8 Å². The number of hydrogen-bond acceptors (Lipinski definition) is 6. The van der Waals surface area contributed by atoms with Crippen molar-refractivity contribution in [3.8, 4) is 10.4 Å². The Hall–Kier alpha value is -3.24. The molecule has 0 amide bonds. The van der Waals surface area contributed by atoms with Crippen LogP contribution < -0.4 is 10.6 Å². The van der Waals surface area contributed by atoms with Gasteiger partial charge in [0.05, 0.1) is 11.8 Å². The normalized spacial score (nSPS) is 17.9. The fourth-order valence-corrected chi connectivity index (χ4v) is 6.50. The molecule has 10 heteroatoms. The predicted octanol–water partition coefficient (Wildman–Crippen LogP) is 8.32. The Kier molecular flexibility index (Phi) is 6.83. The molecule has 0 spiro atoms. The van der Waals surface area contributed by atoms with Crippen LogP contribution in [-0.4, -0.2) is 39.0 Å². The van der Waals surface area contributed by atoms with Crippen LogP contribution in [0.15, 0.2) is 54.7 Å². The van der Waals surface area contributed by atoms with E-state index >= 15 is 0 Å². The first-order chi connectivity index (χ1) is 18.2. The van der Waals surface area contributed by atoms with E-state index in [0.717, 1.165) is 41.3 Å². The highest BCUT2D eigenvalue weighted by atomic mass is 32.1. The quantitative estimate of drug-likeness (QED) is 0.242. The second-order valence-corrected chi connectivity index (χ2v) is 12.5. The first-order valence-corrected chi connectivity index (χ1v) is 13.5. The zero-order chi connectivity index (χ0) is 28.2. The van der Waals surface area contributed by atoms with E-state index in [1.807, 2.05) is 30.3 Å². The lowest BCUT2D eigenvalue weighted by Crippen LogP contribution is -2.61. The summed E-state index contributed by atoms with van der Waals surface area (Å²) in [4.78, 5) is 11.3. The molecule has 39 heavy (non-hydrogen) atoms. The maximum Gasteiger partial charge on any atom is 0.416 e. The monoisotopic (exact) mass is 557 g/mol. The van der Waals surface area contributed by atoms with Gasteiger partial charge in [0.1, 0.15) is 0 Å². The Bertz CT molecular complexity index is 1460. The van der Waals surface area contributed by atoms with Crippen molar-refractivity contribution in [2.75, 3.05) is 17.7 Å². The van der Waals surface area contributed by atoms with Crippen molar-refractivity contribution in [3.05, 3.63) is 66.1 Å². The number of likely N-dealkylation sites (tertiary alicyclic amines) is 1. The number of anilines is 3. The van der Waals surface area contributed by atoms with Crippen LogP contribution in [0.2, 0.25) is 0 Å². The average molecular weight is 558 g/mol. The summed E-state index contributed by atoms with van der Waals surface area (Å²) in [6.07, 6.45) is -1.98. The molecular formula is C29H31F4N5S. The van der Waals surface area contributed by atoms with E-state index in [9.17, 15) is 17.6 Å². The van der Waals surface area contributed by atoms with Gasteiger partial charge in [-0.15, -0.1) is 11.3 Å². The van der Waals surface area contributed by atoms with E-state index < -0.39 is 17.6 Å². The summed E-state index contributed by atoms with van der Waals surface area (Å²) in [6.45, 7) is 8.59. The van der Waals surface area contributed by atoms with Gasteiger partial charge in [0.25, 0.3) is 0 Å². The number of fused-ring (bicyclic) bond motifs is 1. The van der Waals surface area contributed by atoms with Crippen LogP contribution in [0.25, 0.3) is 20.5 Å². The molecule has 2 aromatic heterocycles. The SMILES string of the molecule is CN1C(C)(C)CC(Nc2nc(Nc3cc(-c4cc5ccccc5s4)cc(C(F)(F)F)c3)ncc2F)CC1(C)C. The lowest BCUT2D eigenvalue weighted by atomic mass is 9.77. The summed E-state index contributed by atoms with van der Waals surface area (Å²) in [5, 5.41) is 7.06. The maximum atomic E-state index is 14.8. The number of thiophene rings is 1. The molecule has 3 heterocycles. The van der Waals surface area contributed by atoms with E-state index in [0.29, 0.717) is 10.4 Å². The number of hydrogen-bond donors (Lipinski definition) is 2. The summed E-state index contributed by atoms with van der Waals surface area (Å²) >= 11 is 1.42. The molecule has 0 atom stereocenters. The van der Waals surface area contributed by atoms with Crippen molar-refractivity contribution in [1.82, 2.24) is 14.9 Å². The van der Waals surface area contributed by atoms with Gasteiger partial charge in [-0.2, -0.15) is 18.2 Å². The largest absolute Gasteiger partial charge is 0.416 e. The van der Waals surface area contributed by atoms with Crippen molar-refractivity contribution in [2.24, 2.45) is 0 Å². The third kappa shape index (κ3) is 5.72. The van der Waals surface area contributed by atoms with Crippen LogP contribution in [0.3, 0.4) is 0 Å². The summed E-state index contributed by atoms with van der Waals surface area (Å²) in [6, 6.07) is 13.3. The fraction of sp³-hybridized carbons (Fsp3) is 0.379. The number of nitrogens with one attached hydrogen (secondary N) is 2. The van der Waals surface area contributed by atoms with E-state index in [1.54, 1.807) is 6.07 Å². The minimum Gasteiger partial charge on any atom is -0.365 e. The molecular weight excluding hydrogens is 526 g/mol. The second kappa shape index (κ2) is 9.75. The molecule has 0 aliphatic carbocycles. The maximum absolute atomic E-state index is 14.8. The van der Waals surface area contributed by atoms with Crippen LogP contribution in [0, 0.1) is 5.82 Å². The van der Waals surface area contributed by atoms with Crippen LogP contribution in [0.5, 0.6) is 0 Å². The number of aromatic nitrogens is 2. The molecule has 206 valence electrons. The van der Waals surface area contributed by atoms with Crippen molar-refractivity contribution in [1.29, 1.82) is 0 Å². The Labute approximate surface area is 229 Å². The molecule has 5 rings (SSSR count). The minimum absolute atomic E-state index is 0.00645. The minimum atomic E-state index is -4.55. The molecule has 1 fully saturated rings. The van der Waals surface area contributed by atoms with Gasteiger partial charge in [-0.25, -0.2) is 9.37 Å². The van der Waals surface area contributed by atoms with Gasteiger partial charge in [-0.3, -0.25) is 4.90 Å². The summed E-state index contributed by atoms with van der Waals surface area (Å²) in [5.74, 6) is -0.595. The standard InChI is InChI=1S/C29H31F4N5S/c1-27(2)14-21(15-28(3,4)38(27)5)35-25-22(30)16-34-26(37-25)36-20-11-18(10-19(13-20)29(31,32)33)24-12-17-8-6-7-9-23(17)39-24/h6-13,16,21H,14-15H2,1-5H3,(H2,34,35,36,37). The van der Waals surface area contributed by atoms with E-state index in [4.69, 9.17) is 0 Å². The van der Waals surface area contributed by atoms with Gasteiger partial charge in [-0.1, -0.05) is 18.2 Å². The Morgan fingerprint density at radius 3 is 2.36 bits per heavy atom. The summed E-state index contributed by atoms with van der Waals surface area (Å²) in [7, 11) is 2.09. The first-order valence-electron chi connectivity index (χ1n) is 12.7. The van der Waals surface area contributed by atoms with E-state index in [-0.39, 0.29) is 34.6 Å². The Morgan fingerprint density at radius 2 is 1.69 bits per heavy atom. The zero-order valence-electron chi connectivity index (χ0n) is 22.4. The lowest BCUT2D eigenvalue weighted by molar-refractivity contribution is -0.137. The molecule has 5 nitrogen and oxygen atoms in total. The molecule has 0 radical (unpaired) electrons. The third-order valence-corrected chi connectivity index (χ3v) is 8.78. The topological polar surface area (TPSA) is 53.1 Å². The molecule has 2 aromatic carbocycles. The highest BCUT2D eigenvalue weighted by Gasteiger charge is 2.43. The van der Waals surface area contributed by atoms with Crippen LogP contribution >= 0.6 is 11.3 Å². The molecule has 4 aromatic rings. The molecule has 1 saturated heterocycles.